The number of rotatable bonds is 2. The first-order chi connectivity index (χ1) is 8.38. The number of benzene rings is 2. The molecule has 18 heavy (non-hydrogen) atoms. The molecule has 5 heteroatoms. The lowest BCUT2D eigenvalue weighted by Crippen LogP contribution is -1.91. The fourth-order valence-electron chi connectivity index (χ4n) is 1.61. The van der Waals surface area contributed by atoms with Crippen molar-refractivity contribution >= 4 is 31.3 Å². The van der Waals surface area contributed by atoms with Gasteiger partial charge in [0.25, 0.3) is 9.05 Å². The number of halogens is 2. The highest BCUT2D eigenvalue weighted by Gasteiger charge is 2.12. The van der Waals surface area contributed by atoms with Gasteiger partial charge in [0.1, 0.15) is 0 Å². The van der Waals surface area contributed by atoms with Crippen molar-refractivity contribution in [2.24, 2.45) is 0 Å². The van der Waals surface area contributed by atoms with Crippen molar-refractivity contribution in [3.8, 4) is 11.1 Å². The largest absolute Gasteiger partial charge is 0.261 e. The predicted octanol–water partition coefficient (Wildman–Crippen LogP) is 4.24. The van der Waals surface area contributed by atoms with Gasteiger partial charge in [-0.25, -0.2) is 8.42 Å². The second-order valence-corrected chi connectivity index (χ2v) is 6.92. The van der Waals surface area contributed by atoms with Crippen LogP contribution in [0.3, 0.4) is 0 Å². The van der Waals surface area contributed by atoms with Gasteiger partial charge in [-0.1, -0.05) is 47.5 Å². The maximum absolute atomic E-state index is 11.2. The minimum absolute atomic E-state index is 0.00466. The zero-order valence-corrected chi connectivity index (χ0v) is 11.9. The minimum Gasteiger partial charge on any atom is -0.207 e. The summed E-state index contributed by atoms with van der Waals surface area (Å²) >= 11 is 6.09. The van der Waals surface area contributed by atoms with Crippen molar-refractivity contribution in [1.29, 1.82) is 0 Å². The molecule has 2 nitrogen and oxygen atoms in total. The van der Waals surface area contributed by atoms with Crippen LogP contribution in [0, 0.1) is 6.92 Å². The van der Waals surface area contributed by atoms with Crippen molar-refractivity contribution < 1.29 is 8.42 Å². The van der Waals surface area contributed by atoms with Gasteiger partial charge in [0.05, 0.1) is 4.90 Å². The molecule has 0 unspecified atom stereocenters. The van der Waals surface area contributed by atoms with E-state index in [1.54, 1.807) is 6.07 Å². The van der Waals surface area contributed by atoms with Crippen LogP contribution in [0.2, 0.25) is 5.02 Å². The Morgan fingerprint density at radius 1 is 1.00 bits per heavy atom. The Balaban J connectivity index is 2.51. The van der Waals surface area contributed by atoms with Crippen LogP contribution in [0.5, 0.6) is 0 Å². The van der Waals surface area contributed by atoms with Gasteiger partial charge >= 0.3 is 0 Å². The molecule has 0 saturated carbocycles. The molecule has 0 aliphatic rings. The Morgan fingerprint density at radius 3 is 2.11 bits per heavy atom. The molecule has 0 fully saturated rings. The third kappa shape index (κ3) is 2.86. The van der Waals surface area contributed by atoms with Crippen molar-refractivity contribution in [2.75, 3.05) is 0 Å². The molecule has 0 aliphatic carbocycles. The molecule has 2 aromatic rings. The molecule has 0 aliphatic heterocycles. The summed E-state index contributed by atoms with van der Waals surface area (Å²) in [6.45, 7) is 1.99. The van der Waals surface area contributed by atoms with Gasteiger partial charge in [0.2, 0.25) is 0 Å². The molecule has 2 rings (SSSR count). The standard InChI is InChI=1S/C13H10Cl2O2S/c1-9-2-4-10(5-3-9)12-7-6-11(8-13(12)14)18(15,16)17/h2-8H,1H3. The van der Waals surface area contributed by atoms with E-state index in [1.807, 2.05) is 31.2 Å². The molecule has 0 heterocycles. The van der Waals surface area contributed by atoms with E-state index in [4.69, 9.17) is 22.3 Å². The monoisotopic (exact) mass is 300 g/mol. The molecular formula is C13H10Cl2O2S. The van der Waals surface area contributed by atoms with E-state index >= 15 is 0 Å². The van der Waals surface area contributed by atoms with Crippen molar-refractivity contribution in [2.45, 2.75) is 11.8 Å². The minimum atomic E-state index is -3.74. The molecule has 0 atom stereocenters. The van der Waals surface area contributed by atoms with Crippen LogP contribution in [0.4, 0.5) is 0 Å². The summed E-state index contributed by atoms with van der Waals surface area (Å²) in [4.78, 5) is 0.00466. The van der Waals surface area contributed by atoms with E-state index in [1.165, 1.54) is 12.1 Å². The van der Waals surface area contributed by atoms with Gasteiger partial charge in [-0.15, -0.1) is 0 Å². The van der Waals surface area contributed by atoms with Crippen molar-refractivity contribution in [3.05, 3.63) is 53.1 Å². The molecule has 0 bridgehead atoms. The lowest BCUT2D eigenvalue weighted by Gasteiger charge is -2.06. The summed E-state index contributed by atoms with van der Waals surface area (Å²) in [7, 11) is 1.52. The Bertz CT molecular complexity index is 677. The maximum atomic E-state index is 11.2. The van der Waals surface area contributed by atoms with Gasteiger partial charge in [0.15, 0.2) is 0 Å². The van der Waals surface area contributed by atoms with E-state index in [2.05, 4.69) is 0 Å². The lowest BCUT2D eigenvalue weighted by molar-refractivity contribution is 0.609. The Kier molecular flexibility index (Phi) is 3.66. The van der Waals surface area contributed by atoms with Crippen LogP contribution in [-0.4, -0.2) is 8.42 Å². The van der Waals surface area contributed by atoms with Gasteiger partial charge < -0.3 is 0 Å². The molecule has 94 valence electrons. The second kappa shape index (κ2) is 4.92. The van der Waals surface area contributed by atoms with Gasteiger partial charge in [-0.05, 0) is 24.6 Å². The predicted molar refractivity (Wildman–Crippen MR) is 74.7 cm³/mol. The van der Waals surface area contributed by atoms with Crippen molar-refractivity contribution in [1.82, 2.24) is 0 Å². The van der Waals surface area contributed by atoms with E-state index < -0.39 is 9.05 Å². The normalized spacial score (nSPS) is 11.5. The van der Waals surface area contributed by atoms with Gasteiger partial charge in [-0.2, -0.15) is 0 Å². The first-order valence-electron chi connectivity index (χ1n) is 5.19. The van der Waals surface area contributed by atoms with E-state index in [0.717, 1.165) is 16.7 Å². The highest BCUT2D eigenvalue weighted by molar-refractivity contribution is 8.13. The van der Waals surface area contributed by atoms with Crippen molar-refractivity contribution in [3.63, 3.8) is 0 Å². The highest BCUT2D eigenvalue weighted by Crippen LogP contribution is 2.31. The molecule has 0 aromatic heterocycles. The first kappa shape index (κ1) is 13.4. The SMILES string of the molecule is Cc1ccc(-c2ccc(S(=O)(=O)Cl)cc2Cl)cc1. The lowest BCUT2D eigenvalue weighted by atomic mass is 10.0. The summed E-state index contributed by atoms with van der Waals surface area (Å²) in [5.41, 5.74) is 2.86. The smallest absolute Gasteiger partial charge is 0.207 e. The topological polar surface area (TPSA) is 34.1 Å². The average molecular weight is 301 g/mol. The second-order valence-electron chi connectivity index (χ2n) is 3.95. The van der Waals surface area contributed by atoms with Crippen LogP contribution in [0.15, 0.2) is 47.4 Å². The third-order valence-corrected chi connectivity index (χ3v) is 4.25. The third-order valence-electron chi connectivity index (χ3n) is 2.58. The van der Waals surface area contributed by atoms with Crippen LogP contribution in [-0.2, 0) is 9.05 Å². The van der Waals surface area contributed by atoms with Crippen LogP contribution < -0.4 is 0 Å². The Hall–Kier alpha value is -1.03. The molecule has 0 saturated heterocycles. The number of aryl methyl sites for hydroxylation is 1. The Labute approximate surface area is 116 Å². The quantitative estimate of drug-likeness (QED) is 0.777. The summed E-state index contributed by atoms with van der Waals surface area (Å²) in [6, 6.07) is 12.3. The fourth-order valence-corrected chi connectivity index (χ4v) is 2.75. The molecule has 0 N–H and O–H groups in total. The maximum Gasteiger partial charge on any atom is 0.261 e. The number of hydrogen-bond acceptors (Lipinski definition) is 2. The summed E-state index contributed by atoms with van der Waals surface area (Å²) in [6.07, 6.45) is 0. The molecule has 0 amide bonds. The zero-order chi connectivity index (χ0) is 13.3. The van der Waals surface area contributed by atoms with Crippen LogP contribution >= 0.6 is 22.3 Å². The molecule has 2 aromatic carbocycles. The van der Waals surface area contributed by atoms with Crippen LogP contribution in [0.25, 0.3) is 11.1 Å². The van der Waals surface area contributed by atoms with E-state index in [-0.39, 0.29) is 4.90 Å². The summed E-state index contributed by atoms with van der Waals surface area (Å²) in [5.74, 6) is 0. The first-order valence-corrected chi connectivity index (χ1v) is 7.88. The molecular weight excluding hydrogens is 291 g/mol. The molecule has 0 spiro atoms. The zero-order valence-electron chi connectivity index (χ0n) is 9.52. The summed E-state index contributed by atoms with van der Waals surface area (Å²) in [5, 5.41) is 0.362. The fraction of sp³-hybridized carbons (Fsp3) is 0.0769. The molecule has 0 radical (unpaired) electrons. The average Bonchev–Trinajstić information content (AvgIpc) is 2.29. The number of hydrogen-bond donors (Lipinski definition) is 0. The highest BCUT2D eigenvalue weighted by atomic mass is 35.7. The van der Waals surface area contributed by atoms with Gasteiger partial charge in [-0.3, -0.25) is 0 Å². The van der Waals surface area contributed by atoms with E-state index in [0.29, 0.717) is 5.02 Å². The summed E-state index contributed by atoms with van der Waals surface area (Å²) < 4.78 is 22.4. The van der Waals surface area contributed by atoms with Crippen LogP contribution in [0.1, 0.15) is 5.56 Å². The van der Waals surface area contributed by atoms with E-state index in [9.17, 15) is 8.42 Å². The Morgan fingerprint density at radius 2 is 1.61 bits per heavy atom. The van der Waals surface area contributed by atoms with Gasteiger partial charge in [0, 0.05) is 21.3 Å².